The molecule has 0 aliphatic carbocycles. The molecule has 5 heteroatoms. The first kappa shape index (κ1) is 15.2. The van der Waals surface area contributed by atoms with Gasteiger partial charge in [-0.05, 0) is 30.9 Å². The molecule has 0 bridgehead atoms. The zero-order valence-electron chi connectivity index (χ0n) is 10.9. The first-order chi connectivity index (χ1) is 9.06. The van der Waals surface area contributed by atoms with Crippen LogP contribution in [-0.2, 0) is 0 Å². The summed E-state index contributed by atoms with van der Waals surface area (Å²) < 4.78 is 0. The highest BCUT2D eigenvalue weighted by molar-refractivity contribution is 6.04. The van der Waals surface area contributed by atoms with Crippen molar-refractivity contribution in [3.63, 3.8) is 0 Å². The van der Waals surface area contributed by atoms with Crippen LogP contribution in [0.2, 0.25) is 0 Å². The molecular weight excluding hydrogens is 246 g/mol. The van der Waals surface area contributed by atoms with Crippen LogP contribution >= 0.6 is 0 Å². The van der Waals surface area contributed by atoms with Crippen molar-refractivity contribution in [2.75, 3.05) is 13.2 Å². The molecule has 0 radical (unpaired) electrons. The van der Waals surface area contributed by atoms with E-state index in [4.69, 9.17) is 10.2 Å². The number of hydrogen-bond donors (Lipinski definition) is 3. The Kier molecular flexibility index (Phi) is 6.02. The van der Waals surface area contributed by atoms with E-state index in [-0.39, 0.29) is 29.6 Å². The maximum Gasteiger partial charge on any atom is 0.336 e. The summed E-state index contributed by atoms with van der Waals surface area (Å²) in [6, 6.07) is 6.12. The highest BCUT2D eigenvalue weighted by atomic mass is 16.4. The summed E-state index contributed by atoms with van der Waals surface area (Å²) in [5, 5.41) is 20.5. The number of aromatic carboxylic acids is 1. The van der Waals surface area contributed by atoms with Gasteiger partial charge in [0.1, 0.15) is 0 Å². The van der Waals surface area contributed by atoms with E-state index in [1.54, 1.807) is 12.1 Å². The fourth-order valence-electron chi connectivity index (χ4n) is 1.71. The van der Waals surface area contributed by atoms with E-state index in [1.165, 1.54) is 12.1 Å². The molecule has 0 heterocycles. The Hall–Kier alpha value is -1.88. The summed E-state index contributed by atoms with van der Waals surface area (Å²) in [5.74, 6) is -1.28. The van der Waals surface area contributed by atoms with Crippen molar-refractivity contribution in [3.05, 3.63) is 35.4 Å². The molecule has 0 aliphatic heterocycles. The SMILES string of the molecule is CC(CO)CCCNC(=O)c1ccccc1C(=O)O. The van der Waals surface area contributed by atoms with E-state index < -0.39 is 5.97 Å². The van der Waals surface area contributed by atoms with Gasteiger partial charge in [-0.1, -0.05) is 19.1 Å². The number of benzene rings is 1. The second-order valence-electron chi connectivity index (χ2n) is 4.54. The highest BCUT2D eigenvalue weighted by Crippen LogP contribution is 2.09. The molecule has 1 rings (SSSR count). The lowest BCUT2D eigenvalue weighted by molar-refractivity contribution is 0.0691. The van der Waals surface area contributed by atoms with Crippen LogP contribution in [0.5, 0.6) is 0 Å². The predicted molar refractivity (Wildman–Crippen MR) is 71.2 cm³/mol. The fraction of sp³-hybridized carbons (Fsp3) is 0.429. The van der Waals surface area contributed by atoms with Gasteiger partial charge < -0.3 is 15.5 Å². The van der Waals surface area contributed by atoms with Gasteiger partial charge in [-0.25, -0.2) is 4.79 Å². The van der Waals surface area contributed by atoms with Gasteiger partial charge in [-0.3, -0.25) is 4.79 Å². The minimum absolute atomic E-state index is 0.00345. The van der Waals surface area contributed by atoms with Gasteiger partial charge in [0, 0.05) is 13.2 Å². The highest BCUT2D eigenvalue weighted by Gasteiger charge is 2.15. The zero-order chi connectivity index (χ0) is 14.3. The van der Waals surface area contributed by atoms with Crippen molar-refractivity contribution >= 4 is 11.9 Å². The minimum Gasteiger partial charge on any atom is -0.478 e. The number of rotatable bonds is 7. The van der Waals surface area contributed by atoms with E-state index >= 15 is 0 Å². The normalized spacial score (nSPS) is 11.9. The summed E-state index contributed by atoms with van der Waals surface area (Å²) >= 11 is 0. The van der Waals surface area contributed by atoms with Gasteiger partial charge in [0.05, 0.1) is 11.1 Å². The molecule has 0 fully saturated rings. The zero-order valence-corrected chi connectivity index (χ0v) is 10.9. The molecule has 1 amide bonds. The molecule has 1 aromatic rings. The Labute approximate surface area is 112 Å². The lowest BCUT2D eigenvalue weighted by Gasteiger charge is -2.09. The first-order valence-electron chi connectivity index (χ1n) is 6.27. The third kappa shape index (κ3) is 4.71. The second-order valence-corrected chi connectivity index (χ2v) is 4.54. The Morgan fingerprint density at radius 1 is 1.26 bits per heavy atom. The summed E-state index contributed by atoms with van der Waals surface area (Å²) in [6.45, 7) is 2.54. The summed E-state index contributed by atoms with van der Waals surface area (Å²) in [4.78, 5) is 22.8. The smallest absolute Gasteiger partial charge is 0.336 e. The van der Waals surface area contributed by atoms with E-state index in [1.807, 2.05) is 6.92 Å². The molecular formula is C14H19NO4. The lowest BCUT2D eigenvalue weighted by Crippen LogP contribution is -2.26. The number of aliphatic hydroxyl groups excluding tert-OH is 1. The van der Waals surface area contributed by atoms with E-state index in [0.717, 1.165) is 12.8 Å². The van der Waals surface area contributed by atoms with Crippen LogP contribution in [0.25, 0.3) is 0 Å². The van der Waals surface area contributed by atoms with E-state index in [0.29, 0.717) is 6.54 Å². The van der Waals surface area contributed by atoms with Crippen molar-refractivity contribution in [2.45, 2.75) is 19.8 Å². The Morgan fingerprint density at radius 2 is 1.89 bits per heavy atom. The Morgan fingerprint density at radius 3 is 2.47 bits per heavy atom. The van der Waals surface area contributed by atoms with Crippen molar-refractivity contribution in [1.29, 1.82) is 0 Å². The number of carboxylic acids is 1. The average Bonchev–Trinajstić information content (AvgIpc) is 2.42. The van der Waals surface area contributed by atoms with Crippen molar-refractivity contribution < 1.29 is 19.8 Å². The molecule has 0 aromatic heterocycles. The molecule has 1 unspecified atom stereocenters. The fourth-order valence-corrected chi connectivity index (χ4v) is 1.71. The van der Waals surface area contributed by atoms with Crippen LogP contribution in [0.4, 0.5) is 0 Å². The average molecular weight is 265 g/mol. The van der Waals surface area contributed by atoms with Gasteiger partial charge in [-0.15, -0.1) is 0 Å². The van der Waals surface area contributed by atoms with E-state index in [2.05, 4.69) is 5.32 Å². The molecule has 104 valence electrons. The van der Waals surface area contributed by atoms with Crippen LogP contribution in [0.3, 0.4) is 0 Å². The molecule has 0 aliphatic rings. The third-order valence-electron chi connectivity index (χ3n) is 2.87. The number of carbonyl (C=O) groups is 2. The Bertz CT molecular complexity index is 445. The number of nitrogens with one attached hydrogen (secondary N) is 1. The van der Waals surface area contributed by atoms with E-state index in [9.17, 15) is 9.59 Å². The second kappa shape index (κ2) is 7.53. The molecule has 3 N–H and O–H groups in total. The van der Waals surface area contributed by atoms with Gasteiger partial charge >= 0.3 is 5.97 Å². The molecule has 5 nitrogen and oxygen atoms in total. The quantitative estimate of drug-likeness (QED) is 0.652. The van der Waals surface area contributed by atoms with Crippen LogP contribution in [0.15, 0.2) is 24.3 Å². The third-order valence-corrected chi connectivity index (χ3v) is 2.87. The van der Waals surface area contributed by atoms with Crippen LogP contribution in [0, 0.1) is 5.92 Å². The summed E-state index contributed by atoms with van der Waals surface area (Å²) in [6.07, 6.45) is 1.57. The predicted octanol–water partition coefficient (Wildman–Crippen LogP) is 1.52. The molecule has 1 aromatic carbocycles. The molecule has 0 saturated carbocycles. The molecule has 19 heavy (non-hydrogen) atoms. The van der Waals surface area contributed by atoms with Crippen molar-refractivity contribution in [1.82, 2.24) is 5.32 Å². The molecule has 0 saturated heterocycles. The number of carboxylic acid groups (broad SMARTS) is 1. The molecule has 0 spiro atoms. The van der Waals surface area contributed by atoms with Gasteiger partial charge in [0.2, 0.25) is 0 Å². The number of hydrogen-bond acceptors (Lipinski definition) is 3. The van der Waals surface area contributed by atoms with Gasteiger partial charge in [0.25, 0.3) is 5.91 Å². The van der Waals surface area contributed by atoms with Crippen LogP contribution in [0.1, 0.15) is 40.5 Å². The van der Waals surface area contributed by atoms with Gasteiger partial charge in [0.15, 0.2) is 0 Å². The standard InChI is InChI=1S/C14H19NO4/c1-10(9-16)5-4-8-15-13(17)11-6-2-3-7-12(11)14(18)19/h2-3,6-7,10,16H,4-5,8-9H2,1H3,(H,15,17)(H,18,19). The van der Waals surface area contributed by atoms with Crippen molar-refractivity contribution in [2.24, 2.45) is 5.92 Å². The Balaban J connectivity index is 2.52. The summed E-state index contributed by atoms with van der Waals surface area (Å²) in [7, 11) is 0. The molecule has 1 atom stereocenters. The maximum atomic E-state index is 11.9. The number of aliphatic hydroxyl groups is 1. The number of carbonyl (C=O) groups excluding carboxylic acids is 1. The van der Waals surface area contributed by atoms with Gasteiger partial charge in [-0.2, -0.15) is 0 Å². The van der Waals surface area contributed by atoms with Crippen molar-refractivity contribution in [3.8, 4) is 0 Å². The monoisotopic (exact) mass is 265 g/mol. The lowest BCUT2D eigenvalue weighted by atomic mass is 10.1. The van der Waals surface area contributed by atoms with Crippen LogP contribution in [-0.4, -0.2) is 35.2 Å². The van der Waals surface area contributed by atoms with Crippen LogP contribution < -0.4 is 5.32 Å². The summed E-state index contributed by atoms with van der Waals surface area (Å²) in [5.41, 5.74) is 0.175. The largest absolute Gasteiger partial charge is 0.478 e. The number of amides is 1. The maximum absolute atomic E-state index is 11.9. The minimum atomic E-state index is -1.11. The topological polar surface area (TPSA) is 86.6 Å². The first-order valence-corrected chi connectivity index (χ1v) is 6.27.